The Labute approximate surface area is 115 Å². The molecular formula is C16H24N2O. The standard InChI is InChI=1S/C16H24N2O/c1-2-17-16(19)15-12-14(10-11-18-15)9-8-13-6-4-3-5-7-13/h3-7,14-15,18H,2,8-12H2,1H3,(H,17,19). The number of hydrogen-bond donors (Lipinski definition) is 2. The van der Waals surface area contributed by atoms with Gasteiger partial charge in [-0.1, -0.05) is 30.3 Å². The van der Waals surface area contributed by atoms with Crippen LogP contribution in [0.1, 0.15) is 31.7 Å². The molecule has 1 aromatic carbocycles. The number of hydrogen-bond acceptors (Lipinski definition) is 2. The van der Waals surface area contributed by atoms with Crippen LogP contribution in [-0.2, 0) is 11.2 Å². The van der Waals surface area contributed by atoms with Gasteiger partial charge in [0.15, 0.2) is 0 Å². The first-order valence-electron chi connectivity index (χ1n) is 7.34. The molecule has 1 fully saturated rings. The summed E-state index contributed by atoms with van der Waals surface area (Å²) < 4.78 is 0. The van der Waals surface area contributed by atoms with E-state index in [1.54, 1.807) is 0 Å². The molecule has 1 heterocycles. The molecule has 1 amide bonds. The molecule has 2 unspecified atom stereocenters. The zero-order valence-electron chi connectivity index (χ0n) is 11.7. The van der Waals surface area contributed by atoms with Crippen LogP contribution < -0.4 is 10.6 Å². The van der Waals surface area contributed by atoms with Crippen molar-refractivity contribution in [3.05, 3.63) is 35.9 Å². The highest BCUT2D eigenvalue weighted by atomic mass is 16.2. The number of nitrogens with one attached hydrogen (secondary N) is 2. The number of amides is 1. The third-order valence-corrected chi connectivity index (χ3v) is 3.86. The molecule has 1 aliphatic rings. The van der Waals surface area contributed by atoms with Crippen LogP contribution in [-0.4, -0.2) is 25.0 Å². The molecule has 2 N–H and O–H groups in total. The molecular weight excluding hydrogens is 236 g/mol. The van der Waals surface area contributed by atoms with Crippen LogP contribution in [0.5, 0.6) is 0 Å². The molecule has 0 aromatic heterocycles. The van der Waals surface area contributed by atoms with Crippen LogP contribution in [0, 0.1) is 5.92 Å². The molecule has 2 atom stereocenters. The fourth-order valence-electron chi connectivity index (χ4n) is 2.77. The molecule has 1 saturated heterocycles. The largest absolute Gasteiger partial charge is 0.355 e. The van der Waals surface area contributed by atoms with E-state index in [2.05, 4.69) is 41.0 Å². The molecule has 19 heavy (non-hydrogen) atoms. The zero-order chi connectivity index (χ0) is 13.5. The Morgan fingerprint density at radius 3 is 2.89 bits per heavy atom. The Kier molecular flexibility index (Phi) is 5.40. The lowest BCUT2D eigenvalue weighted by atomic mass is 9.87. The summed E-state index contributed by atoms with van der Waals surface area (Å²) in [5.74, 6) is 0.820. The van der Waals surface area contributed by atoms with Crippen LogP contribution in [0.25, 0.3) is 0 Å². The fourth-order valence-corrected chi connectivity index (χ4v) is 2.77. The summed E-state index contributed by atoms with van der Waals surface area (Å²) in [5, 5.41) is 6.23. The van der Waals surface area contributed by atoms with Gasteiger partial charge in [-0.2, -0.15) is 0 Å². The Morgan fingerprint density at radius 2 is 2.16 bits per heavy atom. The van der Waals surface area contributed by atoms with Gasteiger partial charge in [-0.15, -0.1) is 0 Å². The van der Waals surface area contributed by atoms with Gasteiger partial charge < -0.3 is 10.6 Å². The van der Waals surface area contributed by atoms with E-state index >= 15 is 0 Å². The molecule has 1 aliphatic heterocycles. The van der Waals surface area contributed by atoms with E-state index in [4.69, 9.17) is 0 Å². The van der Waals surface area contributed by atoms with Crippen molar-refractivity contribution in [2.24, 2.45) is 5.92 Å². The molecule has 0 saturated carbocycles. The van der Waals surface area contributed by atoms with Gasteiger partial charge in [-0.05, 0) is 50.6 Å². The van der Waals surface area contributed by atoms with Crippen LogP contribution in [0.15, 0.2) is 30.3 Å². The van der Waals surface area contributed by atoms with E-state index < -0.39 is 0 Å². The zero-order valence-corrected chi connectivity index (χ0v) is 11.7. The van der Waals surface area contributed by atoms with Gasteiger partial charge in [0.2, 0.25) is 5.91 Å². The minimum atomic E-state index is 0.00877. The molecule has 104 valence electrons. The quantitative estimate of drug-likeness (QED) is 0.851. The maximum Gasteiger partial charge on any atom is 0.237 e. The number of carbonyl (C=O) groups excluding carboxylic acids is 1. The predicted molar refractivity (Wildman–Crippen MR) is 78.0 cm³/mol. The van der Waals surface area contributed by atoms with Gasteiger partial charge in [-0.3, -0.25) is 4.79 Å². The molecule has 0 bridgehead atoms. The smallest absolute Gasteiger partial charge is 0.237 e. The first kappa shape index (κ1) is 14.1. The Balaban J connectivity index is 1.79. The molecule has 3 nitrogen and oxygen atoms in total. The van der Waals surface area contributed by atoms with Gasteiger partial charge in [0.1, 0.15) is 0 Å². The van der Waals surface area contributed by atoms with E-state index in [0.717, 1.165) is 19.4 Å². The fraction of sp³-hybridized carbons (Fsp3) is 0.562. The van der Waals surface area contributed by atoms with Gasteiger partial charge in [0.25, 0.3) is 0 Å². The summed E-state index contributed by atoms with van der Waals surface area (Å²) in [6.45, 7) is 3.64. The Hall–Kier alpha value is -1.35. The van der Waals surface area contributed by atoms with E-state index in [0.29, 0.717) is 12.5 Å². The van der Waals surface area contributed by atoms with E-state index in [-0.39, 0.29) is 11.9 Å². The highest BCUT2D eigenvalue weighted by molar-refractivity contribution is 5.81. The lowest BCUT2D eigenvalue weighted by molar-refractivity contribution is -0.124. The highest BCUT2D eigenvalue weighted by Crippen LogP contribution is 2.22. The average Bonchev–Trinajstić information content (AvgIpc) is 2.47. The summed E-state index contributed by atoms with van der Waals surface area (Å²) in [4.78, 5) is 11.8. The average molecular weight is 260 g/mol. The minimum absolute atomic E-state index is 0.00877. The predicted octanol–water partition coefficient (Wildman–Crippen LogP) is 2.12. The monoisotopic (exact) mass is 260 g/mol. The van der Waals surface area contributed by atoms with E-state index in [1.807, 2.05) is 6.92 Å². The third kappa shape index (κ3) is 4.35. The second-order valence-corrected chi connectivity index (χ2v) is 5.32. The number of piperidine rings is 1. The van der Waals surface area contributed by atoms with Crippen molar-refractivity contribution in [3.8, 4) is 0 Å². The van der Waals surface area contributed by atoms with Crippen LogP contribution >= 0.6 is 0 Å². The van der Waals surface area contributed by atoms with Crippen LogP contribution in [0.2, 0.25) is 0 Å². The van der Waals surface area contributed by atoms with Gasteiger partial charge in [-0.25, -0.2) is 0 Å². The Morgan fingerprint density at radius 1 is 1.37 bits per heavy atom. The van der Waals surface area contributed by atoms with E-state index in [9.17, 15) is 4.79 Å². The topological polar surface area (TPSA) is 41.1 Å². The summed E-state index contributed by atoms with van der Waals surface area (Å²) in [5.41, 5.74) is 1.40. The highest BCUT2D eigenvalue weighted by Gasteiger charge is 2.25. The minimum Gasteiger partial charge on any atom is -0.355 e. The number of rotatable bonds is 5. The van der Waals surface area contributed by atoms with Crippen molar-refractivity contribution in [1.82, 2.24) is 10.6 Å². The number of likely N-dealkylation sites (N-methyl/N-ethyl adjacent to an activating group) is 1. The Bertz CT molecular complexity index is 391. The second-order valence-electron chi connectivity index (χ2n) is 5.32. The summed E-state index contributed by atoms with van der Waals surface area (Å²) in [6.07, 6.45) is 4.45. The lowest BCUT2D eigenvalue weighted by Crippen LogP contribution is -2.48. The molecule has 0 aliphatic carbocycles. The molecule has 1 aromatic rings. The van der Waals surface area contributed by atoms with Crippen molar-refractivity contribution in [2.45, 2.75) is 38.6 Å². The van der Waals surface area contributed by atoms with Crippen molar-refractivity contribution in [1.29, 1.82) is 0 Å². The molecule has 0 spiro atoms. The maximum atomic E-state index is 11.8. The summed E-state index contributed by atoms with van der Waals surface area (Å²) in [7, 11) is 0. The third-order valence-electron chi connectivity index (χ3n) is 3.86. The summed E-state index contributed by atoms with van der Waals surface area (Å²) in [6, 6.07) is 10.6. The van der Waals surface area contributed by atoms with Crippen molar-refractivity contribution < 1.29 is 4.79 Å². The maximum absolute atomic E-state index is 11.8. The van der Waals surface area contributed by atoms with Crippen molar-refractivity contribution in [3.63, 3.8) is 0 Å². The van der Waals surface area contributed by atoms with E-state index in [1.165, 1.54) is 18.4 Å². The molecule has 0 radical (unpaired) electrons. The van der Waals surface area contributed by atoms with Crippen molar-refractivity contribution >= 4 is 5.91 Å². The molecule has 2 rings (SSSR count). The normalized spacial score (nSPS) is 23.0. The van der Waals surface area contributed by atoms with Crippen LogP contribution in [0.3, 0.4) is 0 Å². The van der Waals surface area contributed by atoms with Crippen LogP contribution in [0.4, 0.5) is 0 Å². The first-order chi connectivity index (χ1) is 9.29. The second kappa shape index (κ2) is 7.29. The van der Waals surface area contributed by atoms with Gasteiger partial charge in [0.05, 0.1) is 6.04 Å². The first-order valence-corrected chi connectivity index (χ1v) is 7.34. The SMILES string of the molecule is CCNC(=O)C1CC(CCc2ccccc2)CCN1. The van der Waals surface area contributed by atoms with Gasteiger partial charge in [0, 0.05) is 6.54 Å². The molecule has 3 heteroatoms. The van der Waals surface area contributed by atoms with Gasteiger partial charge >= 0.3 is 0 Å². The lowest BCUT2D eigenvalue weighted by Gasteiger charge is -2.29. The summed E-state index contributed by atoms with van der Waals surface area (Å²) >= 11 is 0. The number of benzene rings is 1. The number of carbonyl (C=O) groups is 1. The number of aryl methyl sites for hydroxylation is 1. The van der Waals surface area contributed by atoms with Crippen molar-refractivity contribution in [2.75, 3.05) is 13.1 Å².